The second-order valence-corrected chi connectivity index (χ2v) is 10.1. The SMILES string of the molecule is CC/C=C/C(C)(C/C=C/I)O[Si](C)(C)C. The second-order valence-electron chi connectivity index (χ2n) is 4.90. The van der Waals surface area contributed by atoms with Crippen molar-refractivity contribution >= 4 is 30.9 Å². The predicted octanol–water partition coefficient (Wildman–Crippen LogP) is 4.90. The fraction of sp³-hybridized carbons (Fsp3) is 0.667. The molecule has 88 valence electrons. The van der Waals surface area contributed by atoms with E-state index in [9.17, 15) is 0 Å². The lowest BCUT2D eigenvalue weighted by atomic mass is 10.0. The summed E-state index contributed by atoms with van der Waals surface area (Å²) in [6.45, 7) is 11.0. The third-order valence-electron chi connectivity index (χ3n) is 1.86. The van der Waals surface area contributed by atoms with Crippen LogP contribution >= 0.6 is 22.6 Å². The molecular formula is C12H23IOSi. The first-order valence-electron chi connectivity index (χ1n) is 5.46. The summed E-state index contributed by atoms with van der Waals surface area (Å²) in [6.07, 6.45) is 8.60. The van der Waals surface area contributed by atoms with Gasteiger partial charge in [0.05, 0.1) is 5.60 Å². The molecule has 0 aliphatic rings. The van der Waals surface area contributed by atoms with Crippen LogP contribution < -0.4 is 0 Å². The van der Waals surface area contributed by atoms with E-state index in [0.717, 1.165) is 12.8 Å². The molecule has 1 nitrogen and oxygen atoms in total. The van der Waals surface area contributed by atoms with Crippen molar-refractivity contribution in [3.63, 3.8) is 0 Å². The van der Waals surface area contributed by atoms with Crippen LogP contribution in [0.25, 0.3) is 0 Å². The van der Waals surface area contributed by atoms with Crippen LogP contribution in [0.1, 0.15) is 26.7 Å². The van der Waals surface area contributed by atoms with E-state index in [1.54, 1.807) is 0 Å². The van der Waals surface area contributed by atoms with Gasteiger partial charge in [-0.25, -0.2) is 0 Å². The molecule has 3 heteroatoms. The first-order chi connectivity index (χ1) is 6.83. The maximum absolute atomic E-state index is 6.23. The molecule has 15 heavy (non-hydrogen) atoms. The molecule has 0 fully saturated rings. The van der Waals surface area contributed by atoms with Gasteiger partial charge in [0.2, 0.25) is 0 Å². The smallest absolute Gasteiger partial charge is 0.184 e. The zero-order valence-electron chi connectivity index (χ0n) is 10.5. The van der Waals surface area contributed by atoms with Crippen molar-refractivity contribution in [2.45, 2.75) is 51.9 Å². The third-order valence-corrected chi connectivity index (χ3v) is 3.44. The van der Waals surface area contributed by atoms with Crippen molar-refractivity contribution in [3.05, 3.63) is 22.3 Å². The lowest BCUT2D eigenvalue weighted by molar-refractivity contribution is 0.135. The van der Waals surface area contributed by atoms with Crippen LogP contribution in [-0.2, 0) is 4.43 Å². The summed E-state index contributed by atoms with van der Waals surface area (Å²) in [5, 5.41) is 0. The number of hydrogen-bond donors (Lipinski definition) is 0. The van der Waals surface area contributed by atoms with Gasteiger partial charge in [0.1, 0.15) is 0 Å². The van der Waals surface area contributed by atoms with Crippen LogP contribution in [0.4, 0.5) is 0 Å². The summed E-state index contributed by atoms with van der Waals surface area (Å²) in [5.74, 6) is 0. The van der Waals surface area contributed by atoms with Gasteiger partial charge in [-0.15, -0.1) is 0 Å². The summed E-state index contributed by atoms with van der Waals surface area (Å²) in [7, 11) is -1.48. The molecule has 0 spiro atoms. The summed E-state index contributed by atoms with van der Waals surface area (Å²) < 4.78 is 8.29. The predicted molar refractivity (Wildman–Crippen MR) is 80.0 cm³/mol. The Morgan fingerprint density at radius 1 is 1.27 bits per heavy atom. The molecule has 0 N–H and O–H groups in total. The van der Waals surface area contributed by atoms with Gasteiger partial charge in [0.25, 0.3) is 0 Å². The van der Waals surface area contributed by atoms with Gasteiger partial charge in [-0.05, 0) is 43.5 Å². The van der Waals surface area contributed by atoms with Gasteiger partial charge >= 0.3 is 0 Å². The Kier molecular flexibility index (Phi) is 7.04. The summed E-state index contributed by atoms with van der Waals surface area (Å²) in [6, 6.07) is 0. The summed E-state index contributed by atoms with van der Waals surface area (Å²) in [5.41, 5.74) is -0.123. The van der Waals surface area contributed by atoms with Crippen molar-refractivity contribution in [2.24, 2.45) is 0 Å². The van der Waals surface area contributed by atoms with Crippen molar-refractivity contribution < 1.29 is 4.43 Å². The maximum atomic E-state index is 6.23. The standard InChI is InChI=1S/C12H23IOSi/c1-6-7-9-12(2,10-8-11-13)14-15(3,4)5/h7-9,11H,6,10H2,1-5H3/b9-7+,11-8+. The van der Waals surface area contributed by atoms with E-state index in [1.807, 2.05) is 0 Å². The monoisotopic (exact) mass is 338 g/mol. The maximum Gasteiger partial charge on any atom is 0.184 e. The highest BCUT2D eigenvalue weighted by Crippen LogP contribution is 2.24. The minimum atomic E-state index is -1.48. The zero-order chi connectivity index (χ0) is 11.9. The summed E-state index contributed by atoms with van der Waals surface area (Å²) in [4.78, 5) is 0. The number of allylic oxidation sites excluding steroid dienone is 1. The number of halogens is 1. The molecule has 0 aliphatic heterocycles. The lowest BCUT2D eigenvalue weighted by Crippen LogP contribution is -2.38. The zero-order valence-corrected chi connectivity index (χ0v) is 13.7. The van der Waals surface area contributed by atoms with Crippen LogP contribution in [0.15, 0.2) is 22.3 Å². The van der Waals surface area contributed by atoms with Crippen molar-refractivity contribution in [1.29, 1.82) is 0 Å². The van der Waals surface area contributed by atoms with Gasteiger partial charge in [-0.3, -0.25) is 0 Å². The molecular weight excluding hydrogens is 315 g/mol. The minimum absolute atomic E-state index is 0.123. The Morgan fingerprint density at radius 2 is 1.87 bits per heavy atom. The average molecular weight is 338 g/mol. The molecule has 0 aliphatic carbocycles. The van der Waals surface area contributed by atoms with E-state index in [4.69, 9.17) is 4.43 Å². The van der Waals surface area contributed by atoms with E-state index in [0.29, 0.717) is 0 Å². The van der Waals surface area contributed by atoms with Gasteiger partial charge < -0.3 is 4.43 Å². The fourth-order valence-electron chi connectivity index (χ4n) is 1.49. The molecule has 1 atom stereocenters. The first-order valence-corrected chi connectivity index (χ1v) is 10.1. The average Bonchev–Trinajstić information content (AvgIpc) is 2.09. The van der Waals surface area contributed by atoms with Crippen molar-refractivity contribution in [3.8, 4) is 0 Å². The van der Waals surface area contributed by atoms with Crippen LogP contribution in [0.5, 0.6) is 0 Å². The molecule has 0 aromatic heterocycles. The van der Waals surface area contributed by atoms with Gasteiger partial charge in [0, 0.05) is 0 Å². The van der Waals surface area contributed by atoms with E-state index in [2.05, 4.69) is 78.4 Å². The van der Waals surface area contributed by atoms with E-state index < -0.39 is 8.32 Å². The Labute approximate surface area is 109 Å². The van der Waals surface area contributed by atoms with Crippen LogP contribution in [0.3, 0.4) is 0 Å². The molecule has 0 rings (SSSR count). The van der Waals surface area contributed by atoms with Crippen molar-refractivity contribution in [1.82, 2.24) is 0 Å². The largest absolute Gasteiger partial charge is 0.409 e. The minimum Gasteiger partial charge on any atom is -0.409 e. The molecule has 0 amide bonds. The van der Waals surface area contributed by atoms with Crippen LogP contribution in [0.2, 0.25) is 19.6 Å². The Bertz CT molecular complexity index is 230. The number of rotatable bonds is 6. The Balaban J connectivity index is 4.61. The highest BCUT2D eigenvalue weighted by atomic mass is 127. The topological polar surface area (TPSA) is 9.23 Å². The van der Waals surface area contributed by atoms with Crippen molar-refractivity contribution in [2.75, 3.05) is 0 Å². The highest BCUT2D eigenvalue weighted by Gasteiger charge is 2.27. The van der Waals surface area contributed by atoms with E-state index in [1.165, 1.54) is 0 Å². The quantitative estimate of drug-likeness (QED) is 0.380. The molecule has 0 bridgehead atoms. The molecule has 0 heterocycles. The molecule has 1 unspecified atom stereocenters. The van der Waals surface area contributed by atoms with Gasteiger partial charge in [0.15, 0.2) is 8.32 Å². The highest BCUT2D eigenvalue weighted by molar-refractivity contribution is 14.1. The lowest BCUT2D eigenvalue weighted by Gasteiger charge is -2.33. The normalized spacial score (nSPS) is 17.5. The second kappa shape index (κ2) is 6.86. The third kappa shape index (κ3) is 8.22. The van der Waals surface area contributed by atoms with Crippen LogP contribution in [0, 0.1) is 0 Å². The molecule has 0 aromatic rings. The van der Waals surface area contributed by atoms with Crippen LogP contribution in [-0.4, -0.2) is 13.9 Å². The fourth-order valence-corrected chi connectivity index (χ4v) is 3.29. The van der Waals surface area contributed by atoms with Gasteiger partial charge in [-0.1, -0.05) is 47.7 Å². The molecule has 0 saturated carbocycles. The summed E-state index contributed by atoms with van der Waals surface area (Å²) >= 11 is 2.25. The molecule has 0 radical (unpaired) electrons. The Hall–Kier alpha value is 0.387. The van der Waals surface area contributed by atoms with E-state index >= 15 is 0 Å². The number of hydrogen-bond acceptors (Lipinski definition) is 1. The Morgan fingerprint density at radius 3 is 2.27 bits per heavy atom. The molecule has 0 aromatic carbocycles. The first kappa shape index (κ1) is 15.4. The molecule has 0 saturated heterocycles. The van der Waals surface area contributed by atoms with E-state index in [-0.39, 0.29) is 5.60 Å². The van der Waals surface area contributed by atoms with Gasteiger partial charge in [-0.2, -0.15) is 0 Å².